The van der Waals surface area contributed by atoms with Gasteiger partial charge < -0.3 is 5.11 Å². The molecule has 16 heavy (non-hydrogen) atoms. The van der Waals surface area contributed by atoms with Crippen LogP contribution in [-0.4, -0.2) is 11.1 Å². The lowest BCUT2D eigenvalue weighted by molar-refractivity contribution is -0.147. The number of carboxylic acid groups (broad SMARTS) is 1. The van der Waals surface area contributed by atoms with Gasteiger partial charge in [-0.1, -0.05) is 30.3 Å². The van der Waals surface area contributed by atoms with Crippen molar-refractivity contribution in [2.45, 2.75) is 38.5 Å². The van der Waals surface area contributed by atoms with Crippen LogP contribution in [0.2, 0.25) is 0 Å². The Labute approximate surface area is 96.3 Å². The summed E-state index contributed by atoms with van der Waals surface area (Å²) in [6.07, 6.45) is 2.97. The van der Waals surface area contributed by atoms with Crippen molar-refractivity contribution < 1.29 is 9.90 Å². The molecule has 0 heterocycles. The second kappa shape index (κ2) is 3.62. The van der Waals surface area contributed by atoms with Gasteiger partial charge in [0.2, 0.25) is 0 Å². The molecule has 1 aliphatic carbocycles. The van der Waals surface area contributed by atoms with E-state index in [0.29, 0.717) is 0 Å². The van der Waals surface area contributed by atoms with Gasteiger partial charge in [0.15, 0.2) is 0 Å². The third-order valence-electron chi connectivity index (χ3n) is 3.60. The molecule has 0 atom stereocenters. The maximum absolute atomic E-state index is 11.2. The molecule has 2 nitrogen and oxygen atoms in total. The van der Waals surface area contributed by atoms with E-state index in [9.17, 15) is 9.90 Å². The fourth-order valence-corrected chi connectivity index (χ4v) is 2.43. The molecule has 1 fully saturated rings. The second-order valence-corrected chi connectivity index (χ2v) is 5.51. The first kappa shape index (κ1) is 11.2. The van der Waals surface area contributed by atoms with E-state index < -0.39 is 11.4 Å². The van der Waals surface area contributed by atoms with Crippen LogP contribution in [0, 0.1) is 5.41 Å². The van der Waals surface area contributed by atoms with Crippen molar-refractivity contribution >= 4 is 5.97 Å². The number of carbonyl (C=O) groups is 1. The summed E-state index contributed by atoms with van der Waals surface area (Å²) in [6, 6.07) is 10.3. The maximum Gasteiger partial charge on any atom is 0.309 e. The topological polar surface area (TPSA) is 37.3 Å². The Balaban J connectivity index is 2.19. The van der Waals surface area contributed by atoms with Gasteiger partial charge in [-0.3, -0.25) is 4.79 Å². The molecule has 1 aromatic carbocycles. The summed E-state index contributed by atoms with van der Waals surface area (Å²) in [6.45, 7) is 3.64. The lowest BCUT2D eigenvalue weighted by Gasteiger charge is -2.26. The van der Waals surface area contributed by atoms with Crippen molar-refractivity contribution in [3.63, 3.8) is 0 Å². The quantitative estimate of drug-likeness (QED) is 0.842. The van der Waals surface area contributed by atoms with E-state index in [-0.39, 0.29) is 5.41 Å². The molecule has 0 radical (unpaired) electrons. The first-order valence-electron chi connectivity index (χ1n) is 5.75. The zero-order valence-corrected chi connectivity index (χ0v) is 9.86. The zero-order chi connectivity index (χ0) is 11.8. The molecule has 1 aromatic rings. The van der Waals surface area contributed by atoms with E-state index in [1.165, 1.54) is 5.56 Å². The average Bonchev–Trinajstić information content (AvgIpc) is 2.99. The minimum atomic E-state index is -0.699. The Morgan fingerprint density at radius 2 is 1.88 bits per heavy atom. The highest BCUT2D eigenvalue weighted by Crippen LogP contribution is 2.54. The Bertz CT molecular complexity index is 388. The fraction of sp³-hybridized carbons (Fsp3) is 0.500. The highest BCUT2D eigenvalue weighted by Gasteiger charge is 2.49. The molecule has 1 aliphatic rings. The van der Waals surface area contributed by atoms with Crippen molar-refractivity contribution in [3.05, 3.63) is 35.9 Å². The van der Waals surface area contributed by atoms with E-state index in [4.69, 9.17) is 0 Å². The van der Waals surface area contributed by atoms with Crippen LogP contribution >= 0.6 is 0 Å². The molecule has 0 aliphatic heterocycles. The van der Waals surface area contributed by atoms with Gasteiger partial charge in [0.25, 0.3) is 0 Å². The van der Waals surface area contributed by atoms with Crippen molar-refractivity contribution in [2.75, 3.05) is 0 Å². The van der Waals surface area contributed by atoms with Gasteiger partial charge in [-0.2, -0.15) is 0 Å². The van der Waals surface area contributed by atoms with E-state index >= 15 is 0 Å². The number of hydrogen-bond donors (Lipinski definition) is 1. The normalized spacial score (nSPS) is 18.1. The Hall–Kier alpha value is -1.31. The van der Waals surface area contributed by atoms with Crippen LogP contribution in [0.25, 0.3) is 0 Å². The number of aliphatic carboxylic acids is 1. The first-order valence-corrected chi connectivity index (χ1v) is 5.75. The monoisotopic (exact) mass is 218 g/mol. The Morgan fingerprint density at radius 3 is 2.31 bits per heavy atom. The van der Waals surface area contributed by atoms with E-state index in [2.05, 4.69) is 12.1 Å². The smallest absolute Gasteiger partial charge is 0.309 e. The van der Waals surface area contributed by atoms with Crippen LogP contribution < -0.4 is 0 Å². The van der Waals surface area contributed by atoms with Gasteiger partial charge >= 0.3 is 5.97 Å². The predicted molar refractivity (Wildman–Crippen MR) is 63.4 cm³/mol. The van der Waals surface area contributed by atoms with E-state index in [1.54, 1.807) is 0 Å². The summed E-state index contributed by atoms with van der Waals surface area (Å²) in [5, 5.41) is 9.18. The molecular formula is C14H18O2. The molecular weight excluding hydrogens is 200 g/mol. The third-order valence-corrected chi connectivity index (χ3v) is 3.60. The molecule has 86 valence electrons. The molecule has 0 unspecified atom stereocenters. The van der Waals surface area contributed by atoms with Crippen molar-refractivity contribution in [2.24, 2.45) is 5.41 Å². The van der Waals surface area contributed by atoms with Crippen LogP contribution in [0.1, 0.15) is 38.7 Å². The Kier molecular flexibility index (Phi) is 2.53. The summed E-state index contributed by atoms with van der Waals surface area (Å²) < 4.78 is 0. The van der Waals surface area contributed by atoms with Gasteiger partial charge in [0, 0.05) is 0 Å². The third kappa shape index (κ3) is 1.97. The van der Waals surface area contributed by atoms with Gasteiger partial charge in [-0.15, -0.1) is 0 Å². The van der Waals surface area contributed by atoms with Crippen LogP contribution in [-0.2, 0) is 10.2 Å². The molecule has 0 amide bonds. The zero-order valence-electron chi connectivity index (χ0n) is 9.86. The van der Waals surface area contributed by atoms with Gasteiger partial charge in [-0.25, -0.2) is 0 Å². The molecule has 2 rings (SSSR count). The number of hydrogen-bond acceptors (Lipinski definition) is 1. The van der Waals surface area contributed by atoms with Crippen molar-refractivity contribution in [3.8, 4) is 0 Å². The van der Waals surface area contributed by atoms with Gasteiger partial charge in [0.1, 0.15) is 0 Å². The number of carboxylic acids is 1. The van der Waals surface area contributed by atoms with Crippen LogP contribution in [0.3, 0.4) is 0 Å². The van der Waals surface area contributed by atoms with Gasteiger partial charge in [-0.05, 0) is 44.1 Å². The van der Waals surface area contributed by atoms with Crippen LogP contribution in [0.5, 0.6) is 0 Å². The summed E-state index contributed by atoms with van der Waals surface area (Å²) in [4.78, 5) is 11.2. The maximum atomic E-state index is 11.2. The highest BCUT2D eigenvalue weighted by molar-refractivity contribution is 5.74. The first-order chi connectivity index (χ1) is 7.46. The van der Waals surface area contributed by atoms with E-state index in [1.807, 2.05) is 32.0 Å². The van der Waals surface area contributed by atoms with Crippen LogP contribution in [0.4, 0.5) is 0 Å². The molecule has 0 saturated heterocycles. The SMILES string of the molecule is CC(C)(CC1(c2ccccc2)CC1)C(=O)O. The molecule has 0 bridgehead atoms. The molecule has 0 spiro atoms. The molecule has 0 aromatic heterocycles. The van der Waals surface area contributed by atoms with Gasteiger partial charge in [0.05, 0.1) is 5.41 Å². The average molecular weight is 218 g/mol. The highest BCUT2D eigenvalue weighted by atomic mass is 16.4. The molecule has 1 N–H and O–H groups in total. The fourth-order valence-electron chi connectivity index (χ4n) is 2.43. The van der Waals surface area contributed by atoms with Crippen molar-refractivity contribution in [1.82, 2.24) is 0 Å². The Morgan fingerprint density at radius 1 is 1.31 bits per heavy atom. The van der Waals surface area contributed by atoms with Crippen molar-refractivity contribution in [1.29, 1.82) is 0 Å². The summed E-state index contributed by atoms with van der Waals surface area (Å²) in [7, 11) is 0. The van der Waals surface area contributed by atoms with Crippen LogP contribution in [0.15, 0.2) is 30.3 Å². The minimum absolute atomic E-state index is 0.128. The number of benzene rings is 1. The summed E-state index contributed by atoms with van der Waals surface area (Å²) in [5.74, 6) is -0.699. The standard InChI is InChI=1S/C14H18O2/c1-13(2,12(15)16)10-14(8-9-14)11-6-4-3-5-7-11/h3-7H,8-10H2,1-2H3,(H,15,16). The molecule has 1 saturated carbocycles. The molecule has 2 heteroatoms. The lowest BCUT2D eigenvalue weighted by Crippen LogP contribution is -2.28. The largest absolute Gasteiger partial charge is 0.481 e. The summed E-state index contributed by atoms with van der Waals surface area (Å²) in [5.41, 5.74) is 0.791. The predicted octanol–water partition coefficient (Wildman–Crippen LogP) is 3.22. The number of rotatable bonds is 4. The minimum Gasteiger partial charge on any atom is -0.481 e. The second-order valence-electron chi connectivity index (χ2n) is 5.51. The summed E-state index contributed by atoms with van der Waals surface area (Å²) >= 11 is 0. The lowest BCUT2D eigenvalue weighted by atomic mass is 9.78. The van der Waals surface area contributed by atoms with E-state index in [0.717, 1.165) is 19.3 Å².